The molecule has 0 rings (SSSR count). The largest absolute Gasteiger partial charge is 0.383 e. The Hall–Kier alpha value is -0.980. The second-order valence-electron chi connectivity index (χ2n) is 3.92. The van der Waals surface area contributed by atoms with Crippen LogP contribution in [0, 0.1) is 0 Å². The van der Waals surface area contributed by atoms with E-state index in [1.165, 1.54) is 24.0 Å². The molecule has 0 aromatic rings. The van der Waals surface area contributed by atoms with Crippen molar-refractivity contribution in [2.45, 2.75) is 33.6 Å². The van der Waals surface area contributed by atoms with E-state index in [-0.39, 0.29) is 0 Å². The van der Waals surface area contributed by atoms with Crippen molar-refractivity contribution in [3.8, 4) is 0 Å². The highest BCUT2D eigenvalue weighted by molar-refractivity contribution is 5.27. The van der Waals surface area contributed by atoms with E-state index in [0.29, 0.717) is 0 Å². The summed E-state index contributed by atoms with van der Waals surface area (Å²) in [5.74, 6) is 0. The molecule has 0 saturated heterocycles. The van der Waals surface area contributed by atoms with E-state index in [4.69, 9.17) is 0 Å². The van der Waals surface area contributed by atoms with E-state index in [1.54, 1.807) is 0 Å². The molecule has 14 heavy (non-hydrogen) atoms. The van der Waals surface area contributed by atoms with Gasteiger partial charge in [-0.05, 0) is 25.8 Å². The van der Waals surface area contributed by atoms with Crippen molar-refractivity contribution in [1.82, 2.24) is 4.90 Å². The lowest BCUT2D eigenvalue weighted by Gasteiger charge is -2.05. The fourth-order valence-electron chi connectivity index (χ4n) is 1.29. The summed E-state index contributed by atoms with van der Waals surface area (Å²) < 4.78 is 0. The Morgan fingerprint density at radius 2 is 1.79 bits per heavy atom. The van der Waals surface area contributed by atoms with Gasteiger partial charge >= 0.3 is 0 Å². The van der Waals surface area contributed by atoms with Gasteiger partial charge in [-0.15, -0.1) is 0 Å². The van der Waals surface area contributed by atoms with Gasteiger partial charge in [0, 0.05) is 20.3 Å². The van der Waals surface area contributed by atoms with Crippen molar-refractivity contribution >= 4 is 0 Å². The predicted molar refractivity (Wildman–Crippen MR) is 65.2 cm³/mol. The molecule has 0 aliphatic heterocycles. The molecule has 0 saturated carbocycles. The molecule has 0 heterocycles. The van der Waals surface area contributed by atoms with E-state index in [2.05, 4.69) is 50.1 Å². The van der Waals surface area contributed by atoms with Gasteiger partial charge in [0.05, 0.1) is 0 Å². The predicted octanol–water partition coefficient (Wildman–Crippen LogP) is 3.75. The van der Waals surface area contributed by atoms with Gasteiger partial charge in [0.2, 0.25) is 0 Å². The fraction of sp³-hybridized carbons (Fsp3) is 0.538. The fourth-order valence-corrected chi connectivity index (χ4v) is 1.29. The second-order valence-corrected chi connectivity index (χ2v) is 3.92. The molecule has 80 valence electrons. The van der Waals surface area contributed by atoms with Crippen molar-refractivity contribution in [3.63, 3.8) is 0 Å². The highest BCUT2D eigenvalue weighted by Gasteiger charge is 1.86. The average Bonchev–Trinajstić information content (AvgIpc) is 2.02. The first-order chi connectivity index (χ1) is 6.56. The summed E-state index contributed by atoms with van der Waals surface area (Å²) in [5, 5.41) is 0. The lowest BCUT2D eigenvalue weighted by Crippen LogP contribution is -2.01. The first-order valence-corrected chi connectivity index (χ1v) is 5.26. The summed E-state index contributed by atoms with van der Waals surface area (Å²) >= 11 is 0. The SMILES string of the molecule is CCC\C=C/C(C)=C/C(C)=C\N(C)C. The van der Waals surface area contributed by atoms with E-state index in [1.807, 2.05) is 14.1 Å². The zero-order valence-electron chi connectivity index (χ0n) is 10.2. The van der Waals surface area contributed by atoms with Gasteiger partial charge in [0.15, 0.2) is 0 Å². The molecule has 0 spiro atoms. The smallest absolute Gasteiger partial charge is 0.00557 e. The van der Waals surface area contributed by atoms with Gasteiger partial charge < -0.3 is 4.90 Å². The highest BCUT2D eigenvalue weighted by atomic mass is 15.0. The molecule has 0 aromatic carbocycles. The van der Waals surface area contributed by atoms with Crippen molar-refractivity contribution in [1.29, 1.82) is 0 Å². The van der Waals surface area contributed by atoms with Crippen molar-refractivity contribution in [2.75, 3.05) is 14.1 Å². The lowest BCUT2D eigenvalue weighted by atomic mass is 10.1. The standard InChI is InChI=1S/C13H23N/c1-6-7-8-9-12(2)10-13(3)11-14(4)5/h8-11H,6-7H2,1-5H3/b9-8-,12-10+,13-11-. The van der Waals surface area contributed by atoms with Crippen LogP contribution in [0.4, 0.5) is 0 Å². The molecule has 0 aliphatic rings. The molecule has 0 bridgehead atoms. The zero-order valence-corrected chi connectivity index (χ0v) is 10.2. The minimum atomic E-state index is 1.17. The second kappa shape index (κ2) is 7.43. The van der Waals surface area contributed by atoms with Crippen LogP contribution >= 0.6 is 0 Å². The average molecular weight is 193 g/mol. The number of unbranched alkanes of at least 4 members (excludes halogenated alkanes) is 1. The number of rotatable bonds is 5. The topological polar surface area (TPSA) is 3.24 Å². The number of hydrogen-bond donors (Lipinski definition) is 0. The van der Waals surface area contributed by atoms with Crippen molar-refractivity contribution in [3.05, 3.63) is 35.6 Å². The molecule has 0 fully saturated rings. The Kier molecular flexibility index (Phi) is 6.91. The van der Waals surface area contributed by atoms with Crippen molar-refractivity contribution < 1.29 is 0 Å². The van der Waals surface area contributed by atoms with Crippen LogP contribution in [-0.2, 0) is 0 Å². The number of allylic oxidation sites excluding steroid dienone is 5. The molecule has 0 N–H and O–H groups in total. The number of nitrogens with zero attached hydrogens (tertiary/aromatic N) is 1. The van der Waals surface area contributed by atoms with Gasteiger partial charge in [-0.25, -0.2) is 0 Å². The maximum Gasteiger partial charge on any atom is 0.00557 e. The molecule has 0 amide bonds. The van der Waals surface area contributed by atoms with Gasteiger partial charge in [-0.1, -0.05) is 37.1 Å². The molecule has 0 aromatic heterocycles. The molecule has 1 nitrogen and oxygen atoms in total. The van der Waals surface area contributed by atoms with Crippen LogP contribution < -0.4 is 0 Å². The first-order valence-electron chi connectivity index (χ1n) is 5.26. The summed E-state index contributed by atoms with van der Waals surface area (Å²) in [4.78, 5) is 2.06. The summed E-state index contributed by atoms with van der Waals surface area (Å²) in [6.45, 7) is 6.46. The van der Waals surface area contributed by atoms with Gasteiger partial charge in [0.1, 0.15) is 0 Å². The van der Waals surface area contributed by atoms with Crippen LogP contribution in [0.1, 0.15) is 33.6 Å². The van der Waals surface area contributed by atoms with E-state index in [0.717, 1.165) is 0 Å². The molecule has 0 aliphatic carbocycles. The summed E-state index contributed by atoms with van der Waals surface area (Å²) in [7, 11) is 4.08. The summed E-state index contributed by atoms with van der Waals surface area (Å²) in [6, 6.07) is 0. The Morgan fingerprint density at radius 1 is 1.14 bits per heavy atom. The Labute approximate surface area is 88.8 Å². The van der Waals surface area contributed by atoms with Crippen LogP contribution in [-0.4, -0.2) is 19.0 Å². The quantitative estimate of drug-likeness (QED) is 0.601. The van der Waals surface area contributed by atoms with Crippen LogP contribution in [0.3, 0.4) is 0 Å². The third kappa shape index (κ3) is 7.66. The third-order valence-electron chi connectivity index (χ3n) is 1.75. The van der Waals surface area contributed by atoms with E-state index >= 15 is 0 Å². The maximum atomic E-state index is 2.23. The Bertz CT molecular complexity index is 232. The minimum absolute atomic E-state index is 1.17. The molecule has 1 heteroatoms. The van der Waals surface area contributed by atoms with Gasteiger partial charge in [-0.3, -0.25) is 0 Å². The van der Waals surface area contributed by atoms with Crippen LogP contribution in [0.25, 0.3) is 0 Å². The van der Waals surface area contributed by atoms with Gasteiger partial charge in [0.25, 0.3) is 0 Å². The molecule has 0 radical (unpaired) electrons. The normalized spacial score (nSPS) is 13.8. The third-order valence-corrected chi connectivity index (χ3v) is 1.75. The van der Waals surface area contributed by atoms with Crippen LogP contribution in [0.15, 0.2) is 35.6 Å². The zero-order chi connectivity index (χ0) is 11.0. The van der Waals surface area contributed by atoms with Crippen molar-refractivity contribution in [2.24, 2.45) is 0 Å². The molecule has 0 atom stereocenters. The first kappa shape index (κ1) is 13.0. The lowest BCUT2D eigenvalue weighted by molar-refractivity contribution is 0.560. The van der Waals surface area contributed by atoms with Crippen LogP contribution in [0.5, 0.6) is 0 Å². The monoisotopic (exact) mass is 193 g/mol. The Balaban J connectivity index is 4.22. The van der Waals surface area contributed by atoms with E-state index in [9.17, 15) is 0 Å². The summed E-state index contributed by atoms with van der Waals surface area (Å²) in [6.07, 6.45) is 11.1. The maximum absolute atomic E-state index is 2.23. The molecular formula is C13H23N. The molecular weight excluding hydrogens is 170 g/mol. The summed E-state index contributed by atoms with van der Waals surface area (Å²) in [5.41, 5.74) is 2.60. The van der Waals surface area contributed by atoms with Gasteiger partial charge in [-0.2, -0.15) is 0 Å². The van der Waals surface area contributed by atoms with E-state index < -0.39 is 0 Å². The highest BCUT2D eigenvalue weighted by Crippen LogP contribution is 2.04. The molecule has 0 unspecified atom stereocenters. The number of hydrogen-bond acceptors (Lipinski definition) is 1. The Morgan fingerprint density at radius 3 is 2.29 bits per heavy atom. The van der Waals surface area contributed by atoms with Crippen LogP contribution in [0.2, 0.25) is 0 Å². The minimum Gasteiger partial charge on any atom is -0.383 e.